The Hall–Kier alpha value is -3.78. The minimum atomic E-state index is -0.812. The zero-order valence-corrected chi connectivity index (χ0v) is 20.8. The molecule has 35 heavy (non-hydrogen) atoms. The van der Waals surface area contributed by atoms with Crippen molar-refractivity contribution in [1.29, 1.82) is 0 Å². The van der Waals surface area contributed by atoms with Gasteiger partial charge in [0.25, 0.3) is 5.91 Å². The number of hydrogen-bond donors (Lipinski definition) is 1. The van der Waals surface area contributed by atoms with E-state index in [4.69, 9.17) is 4.74 Å². The van der Waals surface area contributed by atoms with Crippen LogP contribution in [0.5, 0.6) is 0 Å². The maximum absolute atomic E-state index is 13.6. The van der Waals surface area contributed by atoms with Gasteiger partial charge in [-0.3, -0.25) is 19.3 Å². The van der Waals surface area contributed by atoms with Crippen LogP contribution in [0, 0.1) is 20.8 Å². The first-order chi connectivity index (χ1) is 16.7. The number of ether oxygens (including phenoxy) is 1. The number of thiazole rings is 1. The highest BCUT2D eigenvalue weighted by molar-refractivity contribution is 7.14. The standard InChI is InChI=1S/C27H26N2O5S/c1-5-34-21(30)14-18-9-11-20(12-10-18)29-23(19-8-6-7-15(2)13-19)22(25(32)27(29)33)24(31)26-16(3)28-17(4)35-26/h6-13,23,32H,5,14H2,1-4H3. The number of anilines is 1. The first-order valence-electron chi connectivity index (χ1n) is 11.3. The number of esters is 1. The van der Waals surface area contributed by atoms with E-state index in [9.17, 15) is 19.5 Å². The Bertz CT molecular complexity index is 1340. The van der Waals surface area contributed by atoms with Gasteiger partial charge in [0.1, 0.15) is 0 Å². The summed E-state index contributed by atoms with van der Waals surface area (Å²) < 4.78 is 5.00. The predicted octanol–water partition coefficient (Wildman–Crippen LogP) is 4.96. The highest BCUT2D eigenvalue weighted by Gasteiger charge is 2.45. The zero-order chi connectivity index (χ0) is 25.3. The van der Waals surface area contributed by atoms with Gasteiger partial charge in [-0.15, -0.1) is 11.3 Å². The summed E-state index contributed by atoms with van der Waals surface area (Å²) in [5.74, 6) is -1.97. The summed E-state index contributed by atoms with van der Waals surface area (Å²) in [7, 11) is 0. The van der Waals surface area contributed by atoms with Gasteiger partial charge < -0.3 is 9.84 Å². The van der Waals surface area contributed by atoms with Crippen molar-refractivity contribution in [3.8, 4) is 0 Å². The SMILES string of the molecule is CCOC(=O)Cc1ccc(N2C(=O)C(O)=C(C(=O)c3sc(C)nc3C)C2c2cccc(C)c2)cc1. The van der Waals surface area contributed by atoms with Crippen LogP contribution < -0.4 is 4.90 Å². The number of aliphatic hydroxyl groups excluding tert-OH is 1. The Kier molecular flexibility index (Phi) is 6.84. The summed E-state index contributed by atoms with van der Waals surface area (Å²) in [6.07, 6.45) is 0.112. The number of aromatic nitrogens is 1. The van der Waals surface area contributed by atoms with E-state index in [1.54, 1.807) is 38.1 Å². The number of Topliss-reactive ketones (excluding diaryl/α,β-unsaturated/α-hetero) is 1. The van der Waals surface area contributed by atoms with Crippen LogP contribution in [-0.2, 0) is 20.7 Å². The Morgan fingerprint density at radius 1 is 1.11 bits per heavy atom. The van der Waals surface area contributed by atoms with Crippen molar-refractivity contribution in [2.45, 2.75) is 40.2 Å². The highest BCUT2D eigenvalue weighted by Crippen LogP contribution is 2.43. The van der Waals surface area contributed by atoms with Gasteiger partial charge in [0.05, 0.1) is 40.2 Å². The van der Waals surface area contributed by atoms with Crippen molar-refractivity contribution in [1.82, 2.24) is 4.98 Å². The van der Waals surface area contributed by atoms with Crippen LogP contribution in [0.2, 0.25) is 0 Å². The first-order valence-corrected chi connectivity index (χ1v) is 12.1. The van der Waals surface area contributed by atoms with Gasteiger partial charge in [-0.05, 0) is 51.0 Å². The van der Waals surface area contributed by atoms with Crippen molar-refractivity contribution < 1.29 is 24.2 Å². The average molecular weight is 491 g/mol. The molecule has 0 saturated carbocycles. The molecule has 0 radical (unpaired) electrons. The van der Waals surface area contributed by atoms with Crippen molar-refractivity contribution >= 4 is 34.7 Å². The molecule has 1 aromatic heterocycles. The molecular weight excluding hydrogens is 464 g/mol. The summed E-state index contributed by atoms with van der Waals surface area (Å²) in [6.45, 7) is 7.53. The van der Waals surface area contributed by atoms with Crippen LogP contribution >= 0.6 is 11.3 Å². The summed E-state index contributed by atoms with van der Waals surface area (Å²) in [5, 5.41) is 11.7. The van der Waals surface area contributed by atoms with Gasteiger partial charge in [-0.25, -0.2) is 4.98 Å². The van der Waals surface area contributed by atoms with E-state index in [2.05, 4.69) is 4.98 Å². The number of amides is 1. The molecule has 2 aromatic carbocycles. The van der Waals surface area contributed by atoms with Crippen molar-refractivity contribution in [2.75, 3.05) is 11.5 Å². The van der Waals surface area contributed by atoms with Crippen molar-refractivity contribution in [3.63, 3.8) is 0 Å². The van der Waals surface area contributed by atoms with Crippen LogP contribution in [0.4, 0.5) is 5.69 Å². The average Bonchev–Trinajstić information content (AvgIpc) is 3.29. The van der Waals surface area contributed by atoms with Gasteiger partial charge in [0.2, 0.25) is 5.78 Å². The van der Waals surface area contributed by atoms with Gasteiger partial charge in [-0.1, -0.05) is 42.0 Å². The lowest BCUT2D eigenvalue weighted by molar-refractivity contribution is -0.142. The Morgan fingerprint density at radius 2 is 1.83 bits per heavy atom. The number of carbonyl (C=O) groups is 3. The first kappa shape index (κ1) is 24.3. The minimum absolute atomic E-state index is 0.0305. The second-order valence-electron chi connectivity index (χ2n) is 8.38. The van der Waals surface area contributed by atoms with E-state index >= 15 is 0 Å². The van der Waals surface area contributed by atoms with E-state index in [0.29, 0.717) is 28.4 Å². The molecule has 0 fully saturated rings. The van der Waals surface area contributed by atoms with E-state index in [1.807, 2.05) is 38.1 Å². The predicted molar refractivity (Wildman–Crippen MR) is 134 cm³/mol. The van der Waals surface area contributed by atoms with Gasteiger partial charge in [-0.2, -0.15) is 0 Å². The van der Waals surface area contributed by atoms with Crippen LogP contribution in [-0.4, -0.2) is 34.4 Å². The van der Waals surface area contributed by atoms with Crippen LogP contribution in [0.3, 0.4) is 0 Å². The smallest absolute Gasteiger partial charge is 0.310 e. The van der Waals surface area contributed by atoms with E-state index < -0.39 is 23.5 Å². The summed E-state index contributed by atoms with van der Waals surface area (Å²) in [4.78, 5) is 45.0. The fourth-order valence-electron chi connectivity index (χ4n) is 4.28. The maximum Gasteiger partial charge on any atom is 0.310 e. The zero-order valence-electron chi connectivity index (χ0n) is 20.0. The fourth-order valence-corrected chi connectivity index (χ4v) is 5.15. The molecule has 3 aromatic rings. The molecule has 4 rings (SSSR count). The molecule has 1 unspecified atom stereocenters. The molecule has 0 spiro atoms. The van der Waals surface area contributed by atoms with Crippen molar-refractivity contribution in [3.05, 3.63) is 92.1 Å². The van der Waals surface area contributed by atoms with Crippen LogP contribution in [0.15, 0.2) is 59.9 Å². The van der Waals surface area contributed by atoms with E-state index in [-0.39, 0.29) is 18.0 Å². The molecule has 8 heteroatoms. The number of hydrogen-bond acceptors (Lipinski definition) is 7. The van der Waals surface area contributed by atoms with Gasteiger partial charge in [0, 0.05) is 5.69 Å². The fraction of sp³-hybridized carbons (Fsp3) is 0.259. The van der Waals surface area contributed by atoms with E-state index in [0.717, 1.165) is 16.1 Å². The normalized spacial score (nSPS) is 15.6. The summed E-state index contributed by atoms with van der Waals surface area (Å²) in [6, 6.07) is 13.6. The maximum atomic E-state index is 13.6. The molecule has 1 aliphatic rings. The molecule has 7 nitrogen and oxygen atoms in total. The number of rotatable bonds is 7. The number of benzene rings is 2. The number of aryl methyl sites for hydroxylation is 3. The van der Waals surface area contributed by atoms with Gasteiger partial charge in [0.15, 0.2) is 5.76 Å². The highest BCUT2D eigenvalue weighted by atomic mass is 32.1. The Morgan fingerprint density at radius 3 is 2.43 bits per heavy atom. The minimum Gasteiger partial charge on any atom is -0.503 e. The van der Waals surface area contributed by atoms with Crippen molar-refractivity contribution in [2.24, 2.45) is 0 Å². The summed E-state index contributed by atoms with van der Waals surface area (Å²) in [5.41, 5.74) is 3.50. The van der Waals surface area contributed by atoms with Crippen LogP contribution in [0.1, 0.15) is 50.0 Å². The Balaban J connectivity index is 1.77. The number of ketones is 1. The largest absolute Gasteiger partial charge is 0.503 e. The monoisotopic (exact) mass is 490 g/mol. The molecule has 1 atom stereocenters. The molecule has 1 amide bonds. The third-order valence-electron chi connectivity index (χ3n) is 5.79. The third kappa shape index (κ3) is 4.74. The van der Waals surface area contributed by atoms with E-state index in [1.165, 1.54) is 16.2 Å². The lowest BCUT2D eigenvalue weighted by Gasteiger charge is -2.27. The molecular formula is C27H26N2O5S. The molecule has 0 bridgehead atoms. The third-order valence-corrected chi connectivity index (χ3v) is 6.86. The van der Waals surface area contributed by atoms with Gasteiger partial charge >= 0.3 is 5.97 Å². The molecule has 0 aliphatic carbocycles. The second kappa shape index (κ2) is 9.84. The number of aliphatic hydroxyl groups is 1. The molecule has 0 saturated heterocycles. The number of carbonyl (C=O) groups excluding carboxylic acids is 3. The molecule has 1 aliphatic heterocycles. The lowest BCUT2D eigenvalue weighted by Crippen LogP contribution is -2.31. The van der Waals surface area contributed by atoms with Crippen LogP contribution in [0.25, 0.3) is 0 Å². The summed E-state index contributed by atoms with van der Waals surface area (Å²) >= 11 is 1.24. The molecule has 2 heterocycles. The Labute approximate surface area is 207 Å². The number of nitrogens with zero attached hydrogens (tertiary/aromatic N) is 2. The topological polar surface area (TPSA) is 96.8 Å². The quantitative estimate of drug-likeness (QED) is 0.372. The molecule has 180 valence electrons. The lowest BCUT2D eigenvalue weighted by atomic mass is 9.94. The second-order valence-corrected chi connectivity index (χ2v) is 9.58. The molecule has 1 N–H and O–H groups in total.